The summed E-state index contributed by atoms with van der Waals surface area (Å²) >= 11 is 0. The Balaban J connectivity index is 1.82. The van der Waals surface area contributed by atoms with E-state index in [-0.39, 0.29) is 12.5 Å². The number of amides is 1. The maximum Gasteiger partial charge on any atom is 0.239 e. The Morgan fingerprint density at radius 1 is 1.25 bits per heavy atom. The van der Waals surface area contributed by atoms with Crippen LogP contribution in [0.4, 0.5) is 5.69 Å². The minimum absolute atomic E-state index is 0.0326. The Bertz CT molecular complexity index is 582. The van der Waals surface area contributed by atoms with Crippen LogP contribution in [-0.4, -0.2) is 17.4 Å². The number of rotatable bonds is 5. The van der Waals surface area contributed by atoms with Crippen molar-refractivity contribution in [3.8, 4) is 0 Å². The van der Waals surface area contributed by atoms with Gasteiger partial charge in [0.25, 0.3) is 0 Å². The van der Waals surface area contributed by atoms with Crippen molar-refractivity contribution < 1.29 is 4.79 Å². The van der Waals surface area contributed by atoms with Crippen LogP contribution in [0.3, 0.4) is 0 Å². The van der Waals surface area contributed by atoms with Crippen molar-refractivity contribution >= 4 is 11.6 Å². The van der Waals surface area contributed by atoms with Gasteiger partial charge in [0, 0.05) is 24.6 Å². The molecule has 0 unspecified atom stereocenters. The van der Waals surface area contributed by atoms with Crippen LogP contribution in [0.15, 0.2) is 42.7 Å². The first-order valence-electron chi connectivity index (χ1n) is 6.62. The molecule has 4 heteroatoms. The summed E-state index contributed by atoms with van der Waals surface area (Å²) in [5.74, 6) is -0.0326. The Hall–Kier alpha value is -2.36. The monoisotopic (exact) mass is 269 g/mol. The van der Waals surface area contributed by atoms with Crippen LogP contribution in [0.25, 0.3) is 0 Å². The highest BCUT2D eigenvalue weighted by molar-refractivity contribution is 5.80. The minimum Gasteiger partial charge on any atom is -0.376 e. The molecule has 0 spiro atoms. The lowest BCUT2D eigenvalue weighted by Gasteiger charge is -2.10. The van der Waals surface area contributed by atoms with Crippen molar-refractivity contribution in [3.63, 3.8) is 0 Å². The zero-order valence-corrected chi connectivity index (χ0v) is 11.8. The van der Waals surface area contributed by atoms with Crippen molar-refractivity contribution in [3.05, 3.63) is 59.4 Å². The summed E-state index contributed by atoms with van der Waals surface area (Å²) in [6, 6.07) is 9.94. The highest BCUT2D eigenvalue weighted by Gasteiger charge is 2.03. The van der Waals surface area contributed by atoms with E-state index < -0.39 is 0 Å². The SMILES string of the molecule is Cc1ccc(C)c(NCC(=O)NCc2cccnc2)c1. The van der Waals surface area contributed by atoms with E-state index in [2.05, 4.69) is 21.7 Å². The third kappa shape index (κ3) is 4.09. The number of nitrogens with one attached hydrogen (secondary N) is 2. The zero-order chi connectivity index (χ0) is 14.4. The molecule has 0 aliphatic rings. The van der Waals surface area contributed by atoms with Gasteiger partial charge in [0.15, 0.2) is 0 Å². The maximum absolute atomic E-state index is 11.8. The van der Waals surface area contributed by atoms with Crippen LogP contribution in [0.1, 0.15) is 16.7 Å². The molecule has 20 heavy (non-hydrogen) atoms. The van der Waals surface area contributed by atoms with Crippen molar-refractivity contribution in [1.82, 2.24) is 10.3 Å². The van der Waals surface area contributed by atoms with Gasteiger partial charge in [-0.2, -0.15) is 0 Å². The Morgan fingerprint density at radius 3 is 2.85 bits per heavy atom. The van der Waals surface area contributed by atoms with Gasteiger partial charge >= 0.3 is 0 Å². The van der Waals surface area contributed by atoms with Gasteiger partial charge < -0.3 is 10.6 Å². The van der Waals surface area contributed by atoms with Gasteiger partial charge in [-0.05, 0) is 42.7 Å². The number of aryl methyl sites for hydroxylation is 2. The van der Waals surface area contributed by atoms with Crippen molar-refractivity contribution in [2.45, 2.75) is 20.4 Å². The normalized spacial score (nSPS) is 10.1. The van der Waals surface area contributed by atoms with Gasteiger partial charge in [0.05, 0.1) is 6.54 Å². The van der Waals surface area contributed by atoms with Crippen LogP contribution in [0.5, 0.6) is 0 Å². The first kappa shape index (κ1) is 14.1. The number of carbonyl (C=O) groups excluding carboxylic acids is 1. The Kier molecular flexibility index (Phi) is 4.71. The number of anilines is 1. The number of benzene rings is 1. The fourth-order valence-electron chi connectivity index (χ4n) is 1.87. The topological polar surface area (TPSA) is 54.0 Å². The van der Waals surface area contributed by atoms with E-state index >= 15 is 0 Å². The first-order valence-corrected chi connectivity index (χ1v) is 6.62. The predicted octanol–water partition coefficient (Wildman–Crippen LogP) is 2.43. The second-order valence-corrected chi connectivity index (χ2v) is 4.81. The van der Waals surface area contributed by atoms with Crippen LogP contribution >= 0.6 is 0 Å². The standard InChI is InChI=1S/C16H19N3O/c1-12-5-6-13(2)15(8-12)18-11-16(20)19-10-14-4-3-7-17-9-14/h3-9,18H,10-11H2,1-2H3,(H,19,20). The summed E-state index contributed by atoms with van der Waals surface area (Å²) in [4.78, 5) is 15.8. The van der Waals surface area contributed by atoms with Crippen LogP contribution in [-0.2, 0) is 11.3 Å². The van der Waals surface area contributed by atoms with E-state index in [1.165, 1.54) is 5.56 Å². The molecule has 1 aromatic heterocycles. The lowest BCUT2D eigenvalue weighted by Crippen LogP contribution is -2.29. The Morgan fingerprint density at radius 2 is 2.10 bits per heavy atom. The van der Waals surface area contributed by atoms with E-state index in [9.17, 15) is 4.79 Å². The molecule has 0 atom stereocenters. The lowest BCUT2D eigenvalue weighted by atomic mass is 10.1. The third-order valence-electron chi connectivity index (χ3n) is 3.04. The number of carbonyl (C=O) groups is 1. The average molecular weight is 269 g/mol. The molecular formula is C16H19N3O. The highest BCUT2D eigenvalue weighted by atomic mass is 16.1. The Labute approximate surface area is 119 Å². The van der Waals surface area contributed by atoms with Crippen LogP contribution < -0.4 is 10.6 Å². The van der Waals surface area contributed by atoms with E-state index in [1.54, 1.807) is 12.4 Å². The molecular weight excluding hydrogens is 250 g/mol. The fourth-order valence-corrected chi connectivity index (χ4v) is 1.87. The average Bonchev–Trinajstić information content (AvgIpc) is 2.47. The van der Waals surface area contributed by atoms with Gasteiger partial charge in [0.2, 0.25) is 5.91 Å². The number of hydrogen-bond donors (Lipinski definition) is 2. The first-order chi connectivity index (χ1) is 9.65. The molecule has 0 aliphatic carbocycles. The fraction of sp³-hybridized carbons (Fsp3) is 0.250. The summed E-state index contributed by atoms with van der Waals surface area (Å²) in [5.41, 5.74) is 4.30. The second-order valence-electron chi connectivity index (χ2n) is 4.81. The molecule has 0 saturated carbocycles. The van der Waals surface area contributed by atoms with Crippen molar-refractivity contribution in [1.29, 1.82) is 0 Å². The molecule has 0 saturated heterocycles. The summed E-state index contributed by atoms with van der Waals surface area (Å²) in [6.07, 6.45) is 3.46. The van der Waals surface area contributed by atoms with Gasteiger partial charge in [-0.1, -0.05) is 18.2 Å². The molecule has 0 radical (unpaired) electrons. The third-order valence-corrected chi connectivity index (χ3v) is 3.04. The predicted molar refractivity (Wildman–Crippen MR) is 80.5 cm³/mol. The molecule has 0 fully saturated rings. The second kappa shape index (κ2) is 6.70. The smallest absolute Gasteiger partial charge is 0.239 e. The molecule has 104 valence electrons. The van der Waals surface area contributed by atoms with Crippen molar-refractivity contribution in [2.24, 2.45) is 0 Å². The molecule has 0 aliphatic heterocycles. The quantitative estimate of drug-likeness (QED) is 0.876. The summed E-state index contributed by atoms with van der Waals surface area (Å²) in [6.45, 7) is 4.83. The van der Waals surface area contributed by atoms with Gasteiger partial charge in [-0.3, -0.25) is 9.78 Å². The number of nitrogens with zero attached hydrogens (tertiary/aromatic N) is 1. The molecule has 2 aromatic rings. The molecule has 1 amide bonds. The lowest BCUT2D eigenvalue weighted by molar-refractivity contribution is -0.119. The van der Waals surface area contributed by atoms with Crippen LogP contribution in [0.2, 0.25) is 0 Å². The van der Waals surface area contributed by atoms with E-state index in [4.69, 9.17) is 0 Å². The summed E-state index contributed by atoms with van der Waals surface area (Å²) < 4.78 is 0. The van der Waals surface area contributed by atoms with Gasteiger partial charge in [-0.15, -0.1) is 0 Å². The highest BCUT2D eigenvalue weighted by Crippen LogP contribution is 2.15. The number of hydrogen-bond acceptors (Lipinski definition) is 3. The molecule has 2 N–H and O–H groups in total. The minimum atomic E-state index is -0.0326. The van der Waals surface area contributed by atoms with Crippen LogP contribution in [0, 0.1) is 13.8 Å². The zero-order valence-electron chi connectivity index (χ0n) is 11.8. The molecule has 2 rings (SSSR count). The summed E-state index contributed by atoms with van der Waals surface area (Å²) in [7, 11) is 0. The molecule has 4 nitrogen and oxygen atoms in total. The summed E-state index contributed by atoms with van der Waals surface area (Å²) in [5, 5.41) is 6.02. The van der Waals surface area contributed by atoms with E-state index in [0.29, 0.717) is 6.54 Å². The van der Waals surface area contributed by atoms with E-state index in [1.807, 2.05) is 38.1 Å². The van der Waals surface area contributed by atoms with E-state index in [0.717, 1.165) is 16.8 Å². The van der Waals surface area contributed by atoms with Crippen molar-refractivity contribution in [2.75, 3.05) is 11.9 Å². The van der Waals surface area contributed by atoms with Gasteiger partial charge in [-0.25, -0.2) is 0 Å². The number of pyridine rings is 1. The number of aromatic nitrogens is 1. The maximum atomic E-state index is 11.8. The molecule has 1 aromatic carbocycles. The molecule has 1 heterocycles. The van der Waals surface area contributed by atoms with Gasteiger partial charge in [0.1, 0.15) is 0 Å². The molecule has 0 bridgehead atoms. The largest absolute Gasteiger partial charge is 0.376 e.